The van der Waals surface area contributed by atoms with Crippen LogP contribution in [0.25, 0.3) is 0 Å². The third-order valence-electron chi connectivity index (χ3n) is 7.05. The SMILES string of the molecule is CCCCCC(=O)NC(Cc1ccc(OP(=O)(O)O)cc1)C(=O)NC(C(=O)NC(C)(C)CC(C)(C)C(N)=S)C(C)CC. The van der Waals surface area contributed by atoms with Crippen LogP contribution in [0.1, 0.15) is 92.6 Å². The zero-order valence-electron chi connectivity index (χ0n) is 25.9. The van der Waals surface area contributed by atoms with Gasteiger partial charge in [0.2, 0.25) is 17.7 Å². The highest BCUT2D eigenvalue weighted by Crippen LogP contribution is 2.37. The van der Waals surface area contributed by atoms with Crippen LogP contribution in [0, 0.1) is 11.3 Å². The minimum atomic E-state index is -4.72. The Morgan fingerprint density at radius 3 is 2.12 bits per heavy atom. The number of hydrogen-bond acceptors (Lipinski definition) is 6. The van der Waals surface area contributed by atoms with E-state index in [1.54, 1.807) is 12.1 Å². The van der Waals surface area contributed by atoms with Gasteiger partial charge in [-0.15, -0.1) is 0 Å². The molecule has 238 valence electrons. The highest BCUT2D eigenvalue weighted by atomic mass is 32.1. The van der Waals surface area contributed by atoms with Crippen LogP contribution in [0.15, 0.2) is 24.3 Å². The molecule has 7 N–H and O–H groups in total. The Hall–Kier alpha value is -2.53. The highest BCUT2D eigenvalue weighted by Gasteiger charge is 2.36. The van der Waals surface area contributed by atoms with Crippen LogP contribution in [-0.4, -0.2) is 50.1 Å². The van der Waals surface area contributed by atoms with Gasteiger partial charge in [-0.05, 0) is 50.3 Å². The summed E-state index contributed by atoms with van der Waals surface area (Å²) in [4.78, 5) is 58.3. The Morgan fingerprint density at radius 2 is 1.62 bits per heavy atom. The molecule has 0 radical (unpaired) electrons. The average Bonchev–Trinajstić information content (AvgIpc) is 2.85. The van der Waals surface area contributed by atoms with Crippen molar-refractivity contribution in [3.63, 3.8) is 0 Å². The number of thiocarbonyl (C=S) groups is 1. The lowest BCUT2D eigenvalue weighted by Crippen LogP contribution is -2.59. The quantitative estimate of drug-likeness (QED) is 0.0799. The molecule has 0 fully saturated rings. The summed E-state index contributed by atoms with van der Waals surface area (Å²) in [7, 11) is -4.72. The maximum absolute atomic E-state index is 13.6. The van der Waals surface area contributed by atoms with E-state index < -0.39 is 36.8 Å². The second-order valence-electron chi connectivity index (χ2n) is 12.2. The van der Waals surface area contributed by atoms with E-state index in [-0.39, 0.29) is 36.3 Å². The monoisotopic (exact) mass is 628 g/mol. The number of amides is 3. The number of phosphoric acid groups is 1. The van der Waals surface area contributed by atoms with Crippen molar-refractivity contribution in [3.05, 3.63) is 29.8 Å². The molecule has 0 aromatic heterocycles. The first-order chi connectivity index (χ1) is 19.3. The summed E-state index contributed by atoms with van der Waals surface area (Å²) in [5.74, 6) is -1.40. The molecule has 1 rings (SSSR count). The summed E-state index contributed by atoms with van der Waals surface area (Å²) in [5.41, 5.74) is 5.34. The van der Waals surface area contributed by atoms with E-state index in [9.17, 15) is 18.9 Å². The van der Waals surface area contributed by atoms with Crippen molar-refractivity contribution in [3.8, 4) is 5.75 Å². The summed E-state index contributed by atoms with van der Waals surface area (Å²) in [6, 6.07) is 4.00. The molecule has 1 aromatic rings. The molecule has 1 aromatic carbocycles. The average molecular weight is 629 g/mol. The van der Waals surface area contributed by atoms with Crippen LogP contribution >= 0.6 is 20.0 Å². The van der Waals surface area contributed by atoms with Gasteiger partial charge in [-0.1, -0.05) is 78.2 Å². The van der Waals surface area contributed by atoms with Crippen LogP contribution < -0.4 is 26.2 Å². The molecule has 3 amide bonds. The van der Waals surface area contributed by atoms with Crippen LogP contribution in [0.5, 0.6) is 5.75 Å². The van der Waals surface area contributed by atoms with Crippen LogP contribution in [0.4, 0.5) is 0 Å². The lowest BCUT2D eigenvalue weighted by Gasteiger charge is -2.37. The van der Waals surface area contributed by atoms with E-state index in [1.165, 1.54) is 12.1 Å². The maximum Gasteiger partial charge on any atom is 0.524 e. The number of rotatable bonds is 18. The Kier molecular flexibility index (Phi) is 14.6. The van der Waals surface area contributed by atoms with Gasteiger partial charge in [0.25, 0.3) is 0 Å². The minimum absolute atomic E-state index is 0.0358. The molecular formula is C29H49N4O7PS. The van der Waals surface area contributed by atoms with Crippen molar-refractivity contribution < 1.29 is 33.3 Å². The smallest absolute Gasteiger partial charge is 0.404 e. The van der Waals surface area contributed by atoms with Gasteiger partial charge in [-0.3, -0.25) is 24.2 Å². The predicted octanol–water partition coefficient (Wildman–Crippen LogP) is 3.89. The molecule has 0 saturated carbocycles. The lowest BCUT2D eigenvalue weighted by atomic mass is 9.79. The van der Waals surface area contributed by atoms with Gasteiger partial charge in [-0.25, -0.2) is 4.57 Å². The molecule has 0 bridgehead atoms. The Balaban J connectivity index is 3.18. The summed E-state index contributed by atoms with van der Waals surface area (Å²) >= 11 is 5.19. The number of benzene rings is 1. The maximum atomic E-state index is 13.6. The number of carbonyl (C=O) groups is 3. The fourth-order valence-corrected chi connectivity index (χ4v) is 5.14. The molecule has 0 spiro atoms. The van der Waals surface area contributed by atoms with Crippen LogP contribution in [0.3, 0.4) is 0 Å². The van der Waals surface area contributed by atoms with Gasteiger partial charge in [0.1, 0.15) is 17.8 Å². The van der Waals surface area contributed by atoms with E-state index in [0.717, 1.165) is 12.8 Å². The number of nitrogens with one attached hydrogen (secondary N) is 3. The molecule has 42 heavy (non-hydrogen) atoms. The normalized spacial score (nSPS) is 14.3. The second kappa shape index (κ2) is 16.4. The first-order valence-electron chi connectivity index (χ1n) is 14.4. The summed E-state index contributed by atoms with van der Waals surface area (Å²) < 4.78 is 15.7. The van der Waals surface area contributed by atoms with Crippen molar-refractivity contribution in [2.45, 2.75) is 111 Å². The van der Waals surface area contributed by atoms with E-state index in [2.05, 4.69) is 20.5 Å². The van der Waals surface area contributed by atoms with E-state index >= 15 is 0 Å². The van der Waals surface area contributed by atoms with Crippen molar-refractivity contribution in [1.29, 1.82) is 0 Å². The summed E-state index contributed by atoms with van der Waals surface area (Å²) in [5, 5.41) is 8.71. The first-order valence-corrected chi connectivity index (χ1v) is 16.3. The second-order valence-corrected chi connectivity index (χ2v) is 13.8. The standard InChI is InChI=1S/C29H49N4O7PS/c1-8-10-11-12-23(34)31-22(17-20-13-15-21(16-14-20)40-41(37,38)39)25(35)32-24(19(3)9-2)26(36)33-29(6,7)18-28(4,5)27(30)42/h13-16,19,22,24H,8-12,17-18H2,1-7H3,(H2,30,42)(H,31,34)(H,32,35)(H,33,36)(H2,37,38,39). The third-order valence-corrected chi connectivity index (χ3v) is 8.05. The van der Waals surface area contributed by atoms with Gasteiger partial charge < -0.3 is 26.2 Å². The molecule has 3 atom stereocenters. The molecule has 0 heterocycles. The van der Waals surface area contributed by atoms with Gasteiger partial charge in [-0.2, -0.15) is 0 Å². The Morgan fingerprint density at radius 1 is 1.02 bits per heavy atom. The molecule has 0 aliphatic heterocycles. The number of unbranched alkanes of at least 4 members (excludes halogenated alkanes) is 2. The first kappa shape index (κ1) is 37.5. The van der Waals surface area contributed by atoms with Gasteiger partial charge in [0.15, 0.2) is 0 Å². The van der Waals surface area contributed by atoms with E-state index in [0.29, 0.717) is 29.8 Å². The molecule has 3 unspecified atom stereocenters. The minimum Gasteiger partial charge on any atom is -0.404 e. The summed E-state index contributed by atoms with van der Waals surface area (Å²) in [6.07, 6.45) is 3.95. The fraction of sp³-hybridized carbons (Fsp3) is 0.655. The zero-order chi connectivity index (χ0) is 32.3. The molecular weight excluding hydrogens is 579 g/mol. The van der Waals surface area contributed by atoms with Gasteiger partial charge >= 0.3 is 7.82 Å². The zero-order valence-corrected chi connectivity index (χ0v) is 27.6. The van der Waals surface area contributed by atoms with E-state index in [1.807, 2.05) is 48.5 Å². The van der Waals surface area contributed by atoms with Crippen molar-refractivity contribution in [2.24, 2.45) is 17.1 Å². The number of phosphoric ester groups is 1. The molecule has 11 nitrogen and oxygen atoms in total. The molecule has 13 heteroatoms. The predicted molar refractivity (Wildman–Crippen MR) is 168 cm³/mol. The van der Waals surface area contributed by atoms with Crippen molar-refractivity contribution in [1.82, 2.24) is 16.0 Å². The molecule has 0 aliphatic carbocycles. The Bertz CT molecular complexity index is 1120. The molecule has 0 saturated heterocycles. The number of hydrogen-bond donors (Lipinski definition) is 6. The van der Waals surface area contributed by atoms with Crippen molar-refractivity contribution in [2.75, 3.05) is 0 Å². The largest absolute Gasteiger partial charge is 0.524 e. The lowest BCUT2D eigenvalue weighted by molar-refractivity contribution is -0.133. The van der Waals surface area contributed by atoms with Crippen LogP contribution in [-0.2, 0) is 25.4 Å². The number of nitrogens with two attached hydrogens (primary N) is 1. The Labute approximate surface area is 255 Å². The third kappa shape index (κ3) is 13.6. The van der Waals surface area contributed by atoms with Crippen LogP contribution in [0.2, 0.25) is 0 Å². The topological polar surface area (TPSA) is 180 Å². The fourth-order valence-electron chi connectivity index (χ4n) is 4.67. The van der Waals surface area contributed by atoms with Gasteiger partial charge in [0, 0.05) is 23.8 Å². The highest BCUT2D eigenvalue weighted by molar-refractivity contribution is 7.80. The summed E-state index contributed by atoms with van der Waals surface area (Å²) in [6.45, 7) is 13.4. The molecule has 0 aliphatic rings. The van der Waals surface area contributed by atoms with Crippen molar-refractivity contribution >= 4 is 42.8 Å². The van der Waals surface area contributed by atoms with E-state index in [4.69, 9.17) is 27.7 Å². The number of carbonyl (C=O) groups excluding carboxylic acids is 3. The van der Waals surface area contributed by atoms with Gasteiger partial charge in [0.05, 0.1) is 4.99 Å².